The number of hydrogen-bond donors (Lipinski definition) is 1. The highest BCUT2D eigenvalue weighted by Crippen LogP contribution is 2.27. The van der Waals surface area contributed by atoms with Crippen LogP contribution in [0.15, 0.2) is 24.4 Å². The van der Waals surface area contributed by atoms with Crippen LogP contribution in [-0.4, -0.2) is 28.1 Å². The molecule has 2 heterocycles. The van der Waals surface area contributed by atoms with Crippen molar-refractivity contribution < 1.29 is 9.90 Å². The van der Waals surface area contributed by atoms with Gasteiger partial charge in [-0.05, 0) is 18.6 Å². The van der Waals surface area contributed by atoms with E-state index >= 15 is 0 Å². The van der Waals surface area contributed by atoms with Crippen LogP contribution in [0.2, 0.25) is 0 Å². The monoisotopic (exact) mass is 291 g/mol. The van der Waals surface area contributed by atoms with Gasteiger partial charge in [0.1, 0.15) is 4.88 Å². The quantitative estimate of drug-likeness (QED) is 0.886. The lowest BCUT2D eigenvalue weighted by molar-refractivity contribution is 0.0700. The average Bonchev–Trinajstić information content (AvgIpc) is 2.85. The van der Waals surface area contributed by atoms with Crippen LogP contribution in [0.25, 0.3) is 0 Å². The number of rotatable bonds is 6. The highest BCUT2D eigenvalue weighted by molar-refractivity contribution is 7.17. The highest BCUT2D eigenvalue weighted by Gasteiger charge is 2.18. The summed E-state index contributed by atoms with van der Waals surface area (Å²) in [7, 11) is 1.90. The molecule has 0 fully saturated rings. The van der Waals surface area contributed by atoms with Crippen LogP contribution in [0.3, 0.4) is 0 Å². The van der Waals surface area contributed by atoms with Gasteiger partial charge < -0.3 is 10.0 Å². The van der Waals surface area contributed by atoms with Gasteiger partial charge in [-0.2, -0.15) is 0 Å². The first-order valence-corrected chi connectivity index (χ1v) is 7.27. The lowest BCUT2D eigenvalue weighted by Gasteiger charge is -2.14. The zero-order chi connectivity index (χ0) is 14.5. The maximum absolute atomic E-state index is 11.2. The third-order valence-electron chi connectivity index (χ3n) is 2.82. The van der Waals surface area contributed by atoms with Crippen molar-refractivity contribution >= 4 is 22.4 Å². The summed E-state index contributed by atoms with van der Waals surface area (Å²) in [5.41, 5.74) is 1.60. The Morgan fingerprint density at radius 2 is 2.25 bits per heavy atom. The summed E-state index contributed by atoms with van der Waals surface area (Å²) in [5.74, 6) is -0.900. The molecule has 0 radical (unpaired) electrons. The Morgan fingerprint density at radius 1 is 1.45 bits per heavy atom. The molecule has 0 saturated carbocycles. The van der Waals surface area contributed by atoms with Gasteiger partial charge >= 0.3 is 5.97 Å². The van der Waals surface area contributed by atoms with Gasteiger partial charge in [0.15, 0.2) is 5.13 Å². The molecule has 20 heavy (non-hydrogen) atoms. The third-order valence-corrected chi connectivity index (χ3v) is 4.02. The number of thiazole rings is 1. The molecule has 106 valence electrons. The fraction of sp³-hybridized carbons (Fsp3) is 0.357. The van der Waals surface area contributed by atoms with Gasteiger partial charge in [0, 0.05) is 13.2 Å². The van der Waals surface area contributed by atoms with Gasteiger partial charge in [0.25, 0.3) is 0 Å². The molecule has 0 unspecified atom stereocenters. The van der Waals surface area contributed by atoms with Crippen LogP contribution in [0.4, 0.5) is 5.13 Å². The molecule has 6 heteroatoms. The number of aryl methyl sites for hydroxylation is 1. The van der Waals surface area contributed by atoms with Crippen molar-refractivity contribution in [2.45, 2.75) is 26.3 Å². The normalized spacial score (nSPS) is 10.5. The Hall–Kier alpha value is -1.95. The Morgan fingerprint density at radius 3 is 2.85 bits per heavy atom. The third kappa shape index (κ3) is 3.33. The second kappa shape index (κ2) is 6.47. The summed E-state index contributed by atoms with van der Waals surface area (Å²) in [4.78, 5) is 22.2. The van der Waals surface area contributed by atoms with Crippen LogP contribution < -0.4 is 4.90 Å². The SMILES string of the molecule is CCCc1nc(N(C)Cc2ccccn2)sc1C(=O)O. The molecule has 0 aliphatic rings. The summed E-state index contributed by atoms with van der Waals surface area (Å²) in [6.45, 7) is 2.63. The van der Waals surface area contributed by atoms with Crippen molar-refractivity contribution in [1.29, 1.82) is 0 Å². The van der Waals surface area contributed by atoms with Crippen molar-refractivity contribution in [3.63, 3.8) is 0 Å². The topological polar surface area (TPSA) is 66.3 Å². The van der Waals surface area contributed by atoms with Gasteiger partial charge in [-0.1, -0.05) is 30.7 Å². The van der Waals surface area contributed by atoms with Crippen molar-refractivity contribution in [2.24, 2.45) is 0 Å². The molecule has 2 aromatic rings. The van der Waals surface area contributed by atoms with E-state index in [9.17, 15) is 9.90 Å². The van der Waals surface area contributed by atoms with E-state index in [1.54, 1.807) is 6.20 Å². The van der Waals surface area contributed by atoms with Gasteiger partial charge in [-0.15, -0.1) is 0 Å². The molecule has 0 spiro atoms. The molecule has 2 rings (SSSR count). The minimum absolute atomic E-state index is 0.342. The molecular formula is C14H17N3O2S. The van der Waals surface area contributed by atoms with Gasteiger partial charge in [-0.3, -0.25) is 4.98 Å². The highest BCUT2D eigenvalue weighted by atomic mass is 32.1. The van der Waals surface area contributed by atoms with Gasteiger partial charge in [-0.25, -0.2) is 9.78 Å². The second-order valence-corrected chi connectivity index (χ2v) is 5.48. The van der Waals surface area contributed by atoms with E-state index in [2.05, 4.69) is 9.97 Å². The van der Waals surface area contributed by atoms with E-state index in [1.807, 2.05) is 37.1 Å². The average molecular weight is 291 g/mol. The molecule has 0 aliphatic heterocycles. The molecule has 0 amide bonds. The first-order chi connectivity index (χ1) is 9.61. The van der Waals surface area contributed by atoms with E-state index in [-0.39, 0.29) is 0 Å². The Balaban J connectivity index is 2.19. The first-order valence-electron chi connectivity index (χ1n) is 6.45. The standard InChI is InChI=1S/C14H17N3O2S/c1-3-6-11-12(13(18)19)20-14(16-11)17(2)9-10-7-4-5-8-15-10/h4-5,7-8H,3,6,9H2,1-2H3,(H,18,19). The maximum Gasteiger partial charge on any atom is 0.347 e. The number of carboxylic acids is 1. The number of carboxylic acid groups (broad SMARTS) is 1. The molecule has 2 aromatic heterocycles. The Kier molecular flexibility index (Phi) is 4.68. The molecule has 0 bridgehead atoms. The molecule has 0 aliphatic carbocycles. The molecule has 5 nitrogen and oxygen atoms in total. The smallest absolute Gasteiger partial charge is 0.347 e. The van der Waals surface area contributed by atoms with Crippen molar-refractivity contribution in [3.05, 3.63) is 40.7 Å². The number of pyridine rings is 1. The molecule has 1 N–H and O–H groups in total. The van der Waals surface area contributed by atoms with E-state index in [1.165, 1.54) is 11.3 Å². The fourth-order valence-electron chi connectivity index (χ4n) is 1.88. The number of aromatic carboxylic acids is 1. The molecule has 0 aromatic carbocycles. The number of aromatic nitrogens is 2. The van der Waals surface area contributed by atoms with E-state index in [0.717, 1.165) is 17.2 Å². The lowest BCUT2D eigenvalue weighted by atomic mass is 10.2. The van der Waals surface area contributed by atoms with Crippen molar-refractivity contribution in [3.8, 4) is 0 Å². The fourth-order valence-corrected chi connectivity index (χ4v) is 2.79. The molecule has 0 atom stereocenters. The summed E-state index contributed by atoms with van der Waals surface area (Å²) in [6, 6.07) is 5.74. The van der Waals surface area contributed by atoms with Crippen LogP contribution in [0.5, 0.6) is 0 Å². The van der Waals surface area contributed by atoms with Crippen LogP contribution >= 0.6 is 11.3 Å². The van der Waals surface area contributed by atoms with Gasteiger partial charge in [0.05, 0.1) is 17.9 Å². The predicted molar refractivity (Wildman–Crippen MR) is 79.4 cm³/mol. The van der Waals surface area contributed by atoms with Crippen LogP contribution in [-0.2, 0) is 13.0 Å². The Bertz CT molecular complexity index is 583. The number of anilines is 1. The molecule has 0 saturated heterocycles. The number of carbonyl (C=O) groups is 1. The zero-order valence-corrected chi connectivity index (χ0v) is 12.4. The lowest BCUT2D eigenvalue weighted by Crippen LogP contribution is -2.16. The predicted octanol–water partition coefficient (Wildman–Crippen LogP) is 2.83. The van der Waals surface area contributed by atoms with E-state index in [4.69, 9.17) is 0 Å². The van der Waals surface area contributed by atoms with Crippen LogP contribution in [0, 0.1) is 0 Å². The Labute approximate surface area is 121 Å². The maximum atomic E-state index is 11.2. The van der Waals surface area contributed by atoms with Crippen LogP contribution in [0.1, 0.15) is 34.4 Å². The van der Waals surface area contributed by atoms with Crippen molar-refractivity contribution in [1.82, 2.24) is 9.97 Å². The number of hydrogen-bond acceptors (Lipinski definition) is 5. The number of nitrogens with zero attached hydrogens (tertiary/aromatic N) is 3. The summed E-state index contributed by atoms with van der Waals surface area (Å²) < 4.78 is 0. The van der Waals surface area contributed by atoms with E-state index in [0.29, 0.717) is 23.5 Å². The summed E-state index contributed by atoms with van der Waals surface area (Å²) >= 11 is 1.22. The summed E-state index contributed by atoms with van der Waals surface area (Å²) in [6.07, 6.45) is 3.32. The summed E-state index contributed by atoms with van der Waals surface area (Å²) in [5, 5.41) is 9.94. The minimum Gasteiger partial charge on any atom is -0.477 e. The minimum atomic E-state index is -0.900. The molecular weight excluding hydrogens is 274 g/mol. The largest absolute Gasteiger partial charge is 0.477 e. The van der Waals surface area contributed by atoms with Gasteiger partial charge in [0.2, 0.25) is 0 Å². The second-order valence-electron chi connectivity index (χ2n) is 4.50. The first kappa shape index (κ1) is 14.5. The van der Waals surface area contributed by atoms with Crippen molar-refractivity contribution in [2.75, 3.05) is 11.9 Å². The van der Waals surface area contributed by atoms with E-state index < -0.39 is 5.97 Å². The zero-order valence-electron chi connectivity index (χ0n) is 11.5.